The molecule has 2 aromatic rings. The monoisotopic (exact) mass is 243 g/mol. The number of ether oxygens (including phenoxy) is 1. The van der Waals surface area contributed by atoms with Crippen molar-refractivity contribution in [2.75, 3.05) is 12.4 Å². The SMILES string of the molecule is COc1ccccc1C1Cc2cccc(F)c2N1. The summed E-state index contributed by atoms with van der Waals surface area (Å²) in [5, 5.41) is 3.24. The minimum Gasteiger partial charge on any atom is -0.496 e. The Hall–Kier alpha value is -2.03. The molecule has 0 aliphatic carbocycles. The zero-order valence-corrected chi connectivity index (χ0v) is 10.1. The Morgan fingerprint density at radius 2 is 2.00 bits per heavy atom. The topological polar surface area (TPSA) is 21.3 Å². The number of hydrogen-bond donors (Lipinski definition) is 1. The van der Waals surface area contributed by atoms with Crippen LogP contribution in [0.5, 0.6) is 5.75 Å². The van der Waals surface area contributed by atoms with E-state index < -0.39 is 0 Å². The number of fused-ring (bicyclic) bond motifs is 1. The van der Waals surface area contributed by atoms with Crippen molar-refractivity contribution in [2.24, 2.45) is 0 Å². The molecular formula is C15H14FNO. The summed E-state index contributed by atoms with van der Waals surface area (Å²) >= 11 is 0. The highest BCUT2D eigenvalue weighted by molar-refractivity contribution is 5.60. The van der Waals surface area contributed by atoms with Gasteiger partial charge in [-0.25, -0.2) is 4.39 Å². The van der Waals surface area contributed by atoms with E-state index in [1.807, 2.05) is 30.3 Å². The summed E-state index contributed by atoms with van der Waals surface area (Å²) in [5.41, 5.74) is 2.70. The van der Waals surface area contributed by atoms with Crippen LogP contribution in [0.4, 0.5) is 10.1 Å². The number of rotatable bonds is 2. The van der Waals surface area contributed by atoms with Crippen LogP contribution in [0.25, 0.3) is 0 Å². The van der Waals surface area contributed by atoms with E-state index in [0.29, 0.717) is 5.69 Å². The van der Waals surface area contributed by atoms with E-state index >= 15 is 0 Å². The minimum absolute atomic E-state index is 0.0769. The fourth-order valence-corrected chi connectivity index (χ4v) is 2.49. The summed E-state index contributed by atoms with van der Waals surface area (Å²) in [7, 11) is 1.65. The van der Waals surface area contributed by atoms with Crippen molar-refractivity contribution in [2.45, 2.75) is 12.5 Å². The van der Waals surface area contributed by atoms with Crippen molar-refractivity contribution in [3.05, 3.63) is 59.4 Å². The predicted octanol–water partition coefficient (Wildman–Crippen LogP) is 3.54. The van der Waals surface area contributed by atoms with E-state index in [1.54, 1.807) is 13.2 Å². The zero-order chi connectivity index (χ0) is 12.5. The van der Waals surface area contributed by atoms with Crippen LogP contribution >= 0.6 is 0 Å². The largest absolute Gasteiger partial charge is 0.496 e. The van der Waals surface area contributed by atoms with Crippen molar-refractivity contribution < 1.29 is 9.13 Å². The van der Waals surface area contributed by atoms with E-state index in [9.17, 15) is 4.39 Å². The molecule has 1 unspecified atom stereocenters. The zero-order valence-electron chi connectivity index (χ0n) is 10.1. The summed E-state index contributed by atoms with van der Waals surface area (Å²) in [6.07, 6.45) is 0.785. The fourth-order valence-electron chi connectivity index (χ4n) is 2.49. The van der Waals surface area contributed by atoms with Gasteiger partial charge in [0, 0.05) is 5.56 Å². The third-order valence-electron chi connectivity index (χ3n) is 3.36. The summed E-state index contributed by atoms with van der Waals surface area (Å²) in [4.78, 5) is 0. The Labute approximate surface area is 105 Å². The second-order valence-corrected chi connectivity index (χ2v) is 4.42. The number of nitrogens with one attached hydrogen (secondary N) is 1. The molecule has 0 bridgehead atoms. The Kier molecular flexibility index (Phi) is 2.67. The van der Waals surface area contributed by atoms with Gasteiger partial charge in [-0.2, -0.15) is 0 Å². The van der Waals surface area contributed by atoms with Gasteiger partial charge in [0.15, 0.2) is 0 Å². The van der Waals surface area contributed by atoms with Crippen LogP contribution in [0.2, 0.25) is 0 Å². The summed E-state index contributed by atoms with van der Waals surface area (Å²) in [6, 6.07) is 13.1. The van der Waals surface area contributed by atoms with E-state index in [-0.39, 0.29) is 11.9 Å². The number of benzene rings is 2. The van der Waals surface area contributed by atoms with Gasteiger partial charge in [-0.1, -0.05) is 30.3 Å². The lowest BCUT2D eigenvalue weighted by atomic mass is 10.0. The molecule has 0 fully saturated rings. The average Bonchev–Trinajstić information content (AvgIpc) is 2.84. The summed E-state index contributed by atoms with van der Waals surface area (Å²) in [5.74, 6) is 0.646. The lowest BCUT2D eigenvalue weighted by molar-refractivity contribution is 0.407. The van der Waals surface area contributed by atoms with Gasteiger partial charge >= 0.3 is 0 Å². The predicted molar refractivity (Wildman–Crippen MR) is 69.5 cm³/mol. The molecule has 2 aromatic carbocycles. The standard InChI is InChI=1S/C15H14FNO/c1-18-14-8-3-2-6-11(14)13-9-10-5-4-7-12(16)15(10)17-13/h2-8,13,17H,9H2,1H3. The third-order valence-corrected chi connectivity index (χ3v) is 3.36. The molecule has 18 heavy (non-hydrogen) atoms. The van der Waals surface area contributed by atoms with E-state index in [0.717, 1.165) is 23.3 Å². The molecule has 0 aromatic heterocycles. The Bertz CT molecular complexity index is 582. The van der Waals surface area contributed by atoms with Crippen LogP contribution in [0.1, 0.15) is 17.2 Å². The van der Waals surface area contributed by atoms with E-state index in [4.69, 9.17) is 4.74 Å². The van der Waals surface area contributed by atoms with Crippen molar-refractivity contribution in [3.8, 4) is 5.75 Å². The molecule has 1 aliphatic rings. The minimum atomic E-state index is -0.190. The molecule has 3 heteroatoms. The van der Waals surface area contributed by atoms with Crippen molar-refractivity contribution in [3.63, 3.8) is 0 Å². The molecule has 1 heterocycles. The number of hydrogen-bond acceptors (Lipinski definition) is 2. The molecule has 1 N–H and O–H groups in total. The van der Waals surface area contributed by atoms with E-state index in [1.165, 1.54) is 6.07 Å². The van der Waals surface area contributed by atoms with Crippen LogP contribution in [-0.4, -0.2) is 7.11 Å². The van der Waals surface area contributed by atoms with Gasteiger partial charge in [0.25, 0.3) is 0 Å². The smallest absolute Gasteiger partial charge is 0.146 e. The van der Waals surface area contributed by atoms with Crippen LogP contribution in [0, 0.1) is 5.82 Å². The molecule has 0 saturated heterocycles. The second-order valence-electron chi connectivity index (χ2n) is 4.42. The van der Waals surface area contributed by atoms with Gasteiger partial charge in [-0.15, -0.1) is 0 Å². The fraction of sp³-hybridized carbons (Fsp3) is 0.200. The van der Waals surface area contributed by atoms with Gasteiger partial charge < -0.3 is 10.1 Å². The van der Waals surface area contributed by atoms with Crippen molar-refractivity contribution in [1.29, 1.82) is 0 Å². The van der Waals surface area contributed by atoms with Gasteiger partial charge in [-0.05, 0) is 24.1 Å². The number of anilines is 1. The first-order valence-electron chi connectivity index (χ1n) is 5.96. The average molecular weight is 243 g/mol. The van der Waals surface area contributed by atoms with Gasteiger partial charge in [0.1, 0.15) is 11.6 Å². The molecule has 1 aliphatic heterocycles. The second kappa shape index (κ2) is 4.33. The molecule has 0 amide bonds. The van der Waals surface area contributed by atoms with Gasteiger partial charge in [0.05, 0.1) is 18.8 Å². The normalized spacial score (nSPS) is 17.1. The molecule has 92 valence electrons. The van der Waals surface area contributed by atoms with Crippen LogP contribution in [0.15, 0.2) is 42.5 Å². The lowest BCUT2D eigenvalue weighted by Crippen LogP contribution is -2.07. The number of halogens is 1. The lowest BCUT2D eigenvalue weighted by Gasteiger charge is -2.15. The quantitative estimate of drug-likeness (QED) is 0.871. The molecule has 1 atom stereocenters. The Morgan fingerprint density at radius 1 is 1.17 bits per heavy atom. The first-order valence-corrected chi connectivity index (χ1v) is 5.96. The summed E-state index contributed by atoms with van der Waals surface area (Å²) in [6.45, 7) is 0. The van der Waals surface area contributed by atoms with Crippen molar-refractivity contribution >= 4 is 5.69 Å². The van der Waals surface area contributed by atoms with Crippen LogP contribution < -0.4 is 10.1 Å². The molecule has 0 saturated carbocycles. The van der Waals surface area contributed by atoms with E-state index in [2.05, 4.69) is 5.32 Å². The van der Waals surface area contributed by atoms with Crippen LogP contribution in [-0.2, 0) is 6.42 Å². The first kappa shape index (κ1) is 11.1. The summed E-state index contributed by atoms with van der Waals surface area (Å²) < 4.78 is 19.0. The molecule has 0 spiro atoms. The highest BCUT2D eigenvalue weighted by Gasteiger charge is 2.26. The highest BCUT2D eigenvalue weighted by atomic mass is 19.1. The Morgan fingerprint density at radius 3 is 2.78 bits per heavy atom. The maximum atomic E-state index is 13.7. The van der Waals surface area contributed by atoms with Gasteiger partial charge in [-0.3, -0.25) is 0 Å². The maximum Gasteiger partial charge on any atom is 0.146 e. The van der Waals surface area contributed by atoms with Gasteiger partial charge in [0.2, 0.25) is 0 Å². The number of para-hydroxylation sites is 2. The Balaban J connectivity index is 1.96. The number of methoxy groups -OCH3 is 1. The molecule has 0 radical (unpaired) electrons. The first-order chi connectivity index (χ1) is 8.79. The third kappa shape index (κ3) is 1.72. The molecule has 3 rings (SSSR count). The highest BCUT2D eigenvalue weighted by Crippen LogP contribution is 2.38. The molecular weight excluding hydrogens is 229 g/mol. The van der Waals surface area contributed by atoms with Crippen molar-refractivity contribution in [1.82, 2.24) is 0 Å². The maximum absolute atomic E-state index is 13.7. The van der Waals surface area contributed by atoms with Crippen LogP contribution in [0.3, 0.4) is 0 Å². The molecule has 2 nitrogen and oxygen atoms in total.